The van der Waals surface area contributed by atoms with Crippen molar-refractivity contribution in [3.8, 4) is 6.07 Å². The largest absolute Gasteiger partial charge is 0.356 e. The van der Waals surface area contributed by atoms with Gasteiger partial charge in [-0.05, 0) is 24.3 Å². The van der Waals surface area contributed by atoms with Crippen molar-refractivity contribution in [1.29, 1.82) is 5.26 Å². The number of anilines is 1. The SMILES string of the molecule is CN1CC(c2ccc(CC(=O)c3ncc(C#N)[nH]3)c(N3CCC(C)(C)CC3)n2)CN(C)C1=O. The predicted octanol–water partition coefficient (Wildman–Crippen LogP) is 2.81. The first-order valence-electron chi connectivity index (χ1n) is 11.4. The van der Waals surface area contributed by atoms with E-state index in [4.69, 9.17) is 10.2 Å². The van der Waals surface area contributed by atoms with Gasteiger partial charge in [0.1, 0.15) is 17.6 Å². The summed E-state index contributed by atoms with van der Waals surface area (Å²) in [6.07, 6.45) is 3.64. The molecule has 1 N–H and O–H groups in total. The maximum Gasteiger partial charge on any atom is 0.319 e. The Labute approximate surface area is 194 Å². The van der Waals surface area contributed by atoms with Crippen molar-refractivity contribution < 1.29 is 9.59 Å². The highest BCUT2D eigenvalue weighted by Gasteiger charge is 2.31. The van der Waals surface area contributed by atoms with Crippen LogP contribution in [0.5, 0.6) is 0 Å². The minimum absolute atomic E-state index is 0.0159. The van der Waals surface area contributed by atoms with Gasteiger partial charge in [-0.25, -0.2) is 14.8 Å². The summed E-state index contributed by atoms with van der Waals surface area (Å²) in [5.41, 5.74) is 2.35. The fourth-order valence-electron chi connectivity index (χ4n) is 4.58. The van der Waals surface area contributed by atoms with Crippen molar-refractivity contribution in [1.82, 2.24) is 24.8 Å². The molecule has 4 rings (SSSR count). The highest BCUT2D eigenvalue weighted by atomic mass is 16.2. The van der Waals surface area contributed by atoms with Crippen molar-refractivity contribution in [2.75, 3.05) is 45.2 Å². The summed E-state index contributed by atoms with van der Waals surface area (Å²) < 4.78 is 0. The molecule has 0 saturated carbocycles. The topological polar surface area (TPSA) is 109 Å². The zero-order valence-electron chi connectivity index (χ0n) is 19.8. The summed E-state index contributed by atoms with van der Waals surface area (Å²) in [4.78, 5) is 42.7. The third-order valence-corrected chi connectivity index (χ3v) is 6.77. The Morgan fingerprint density at radius 1 is 1.21 bits per heavy atom. The van der Waals surface area contributed by atoms with Crippen LogP contribution in [0.25, 0.3) is 0 Å². The molecule has 2 fully saturated rings. The van der Waals surface area contributed by atoms with Crippen LogP contribution in [0.1, 0.15) is 60.2 Å². The Hall–Kier alpha value is -3.41. The number of pyridine rings is 1. The van der Waals surface area contributed by atoms with Gasteiger partial charge in [0.15, 0.2) is 5.82 Å². The quantitative estimate of drug-likeness (QED) is 0.703. The van der Waals surface area contributed by atoms with Crippen LogP contribution < -0.4 is 4.90 Å². The number of likely N-dealkylation sites (N-methyl/N-ethyl adjacent to an activating group) is 2. The molecule has 9 nitrogen and oxygen atoms in total. The molecule has 2 saturated heterocycles. The summed E-state index contributed by atoms with van der Waals surface area (Å²) in [6.45, 7) is 7.56. The number of hydrogen-bond donors (Lipinski definition) is 1. The summed E-state index contributed by atoms with van der Waals surface area (Å²) in [6, 6.07) is 5.95. The normalized spacial score (nSPS) is 19.0. The first kappa shape index (κ1) is 22.8. The average molecular weight is 450 g/mol. The molecule has 9 heteroatoms. The molecule has 0 unspecified atom stereocenters. The predicted molar refractivity (Wildman–Crippen MR) is 124 cm³/mol. The number of amides is 2. The lowest BCUT2D eigenvalue weighted by Crippen LogP contribution is -2.49. The van der Waals surface area contributed by atoms with Gasteiger partial charge in [-0.1, -0.05) is 19.9 Å². The molecular weight excluding hydrogens is 418 g/mol. The lowest BCUT2D eigenvalue weighted by molar-refractivity contribution is 0.0983. The van der Waals surface area contributed by atoms with Gasteiger partial charge in [-0.15, -0.1) is 0 Å². The van der Waals surface area contributed by atoms with Crippen molar-refractivity contribution in [3.63, 3.8) is 0 Å². The molecule has 174 valence electrons. The molecule has 0 aliphatic carbocycles. The number of carbonyl (C=O) groups excluding carboxylic acids is 2. The molecule has 0 radical (unpaired) electrons. The third-order valence-electron chi connectivity index (χ3n) is 6.77. The number of piperidine rings is 1. The van der Waals surface area contributed by atoms with E-state index in [1.54, 1.807) is 9.80 Å². The number of hydrogen-bond acceptors (Lipinski definition) is 6. The molecule has 0 spiro atoms. The van der Waals surface area contributed by atoms with Crippen molar-refractivity contribution in [2.24, 2.45) is 5.41 Å². The molecule has 2 aromatic rings. The number of aromatic amines is 1. The molecule has 0 aromatic carbocycles. The highest BCUT2D eigenvalue weighted by molar-refractivity contribution is 5.95. The minimum atomic E-state index is -0.174. The zero-order valence-corrected chi connectivity index (χ0v) is 19.8. The Balaban J connectivity index is 1.63. The third kappa shape index (κ3) is 4.85. The molecule has 4 heterocycles. The molecular formula is C24H31N7O2. The van der Waals surface area contributed by atoms with Crippen LogP contribution in [-0.4, -0.2) is 76.8 Å². The van der Waals surface area contributed by atoms with Gasteiger partial charge in [0, 0.05) is 63.9 Å². The fraction of sp³-hybridized carbons (Fsp3) is 0.542. The number of nitrogens with one attached hydrogen (secondary N) is 1. The van der Waals surface area contributed by atoms with E-state index in [1.165, 1.54) is 6.20 Å². The lowest BCUT2D eigenvalue weighted by atomic mass is 9.82. The van der Waals surface area contributed by atoms with Gasteiger partial charge >= 0.3 is 6.03 Å². The van der Waals surface area contributed by atoms with Gasteiger partial charge in [-0.3, -0.25) is 4.79 Å². The van der Waals surface area contributed by atoms with Crippen LogP contribution in [0.15, 0.2) is 18.3 Å². The first-order chi connectivity index (χ1) is 15.7. The van der Waals surface area contributed by atoms with Crippen LogP contribution in [-0.2, 0) is 6.42 Å². The van der Waals surface area contributed by atoms with Gasteiger partial charge in [0.2, 0.25) is 5.78 Å². The molecule has 2 amide bonds. The molecule has 2 aromatic heterocycles. The second-order valence-electron chi connectivity index (χ2n) is 9.97. The van der Waals surface area contributed by atoms with Gasteiger partial charge in [0.25, 0.3) is 0 Å². The minimum Gasteiger partial charge on any atom is -0.356 e. The van der Waals surface area contributed by atoms with E-state index in [2.05, 4.69) is 28.7 Å². The van der Waals surface area contributed by atoms with E-state index in [9.17, 15) is 9.59 Å². The Morgan fingerprint density at radius 3 is 2.48 bits per heavy atom. The molecule has 0 atom stereocenters. The van der Waals surface area contributed by atoms with Crippen molar-refractivity contribution in [2.45, 2.75) is 39.0 Å². The number of H-pyrrole nitrogens is 1. The van der Waals surface area contributed by atoms with Crippen LogP contribution >= 0.6 is 0 Å². The fourth-order valence-corrected chi connectivity index (χ4v) is 4.58. The number of nitrogens with zero attached hydrogens (tertiary/aromatic N) is 6. The number of ketones is 1. The zero-order chi connectivity index (χ0) is 23.8. The van der Waals surface area contributed by atoms with Crippen LogP contribution in [0.2, 0.25) is 0 Å². The summed E-state index contributed by atoms with van der Waals surface area (Å²) in [5.74, 6) is 0.957. The van der Waals surface area contributed by atoms with Gasteiger partial charge in [-0.2, -0.15) is 5.26 Å². The molecule has 33 heavy (non-hydrogen) atoms. The Kier molecular flexibility index (Phi) is 6.11. The first-order valence-corrected chi connectivity index (χ1v) is 11.4. The average Bonchev–Trinajstić information content (AvgIpc) is 3.27. The summed E-state index contributed by atoms with van der Waals surface area (Å²) in [7, 11) is 3.62. The smallest absolute Gasteiger partial charge is 0.319 e. The standard InChI is InChI=1S/C24H31N7O2/c1-24(2)7-9-31(10-8-24)22-16(11-20(32)21-26-13-18(12-25)27-21)5-6-19(28-22)17-14-29(3)23(33)30(4)15-17/h5-6,13,17H,7-11,14-15H2,1-4H3,(H,26,27). The van der Waals surface area contributed by atoms with Crippen molar-refractivity contribution >= 4 is 17.6 Å². The highest BCUT2D eigenvalue weighted by Crippen LogP contribution is 2.34. The van der Waals surface area contributed by atoms with Crippen LogP contribution in [0.4, 0.5) is 10.6 Å². The number of rotatable bonds is 5. The maximum atomic E-state index is 12.9. The second-order valence-corrected chi connectivity index (χ2v) is 9.97. The van der Waals surface area contributed by atoms with E-state index in [0.717, 1.165) is 43.0 Å². The monoisotopic (exact) mass is 449 g/mol. The summed E-state index contributed by atoms with van der Waals surface area (Å²) in [5, 5.41) is 9.01. The van der Waals surface area contributed by atoms with E-state index in [-0.39, 0.29) is 35.7 Å². The van der Waals surface area contributed by atoms with Gasteiger partial charge in [0.05, 0.1) is 6.20 Å². The molecule has 2 aliphatic rings. The van der Waals surface area contributed by atoms with E-state index in [1.807, 2.05) is 32.3 Å². The summed E-state index contributed by atoms with van der Waals surface area (Å²) >= 11 is 0. The van der Waals surface area contributed by atoms with Gasteiger partial charge < -0.3 is 19.7 Å². The Morgan fingerprint density at radius 2 is 1.88 bits per heavy atom. The van der Waals surface area contributed by atoms with Crippen molar-refractivity contribution in [3.05, 3.63) is 41.1 Å². The van der Waals surface area contributed by atoms with Crippen LogP contribution in [0, 0.1) is 16.7 Å². The lowest BCUT2D eigenvalue weighted by Gasteiger charge is -2.39. The Bertz CT molecular complexity index is 1080. The molecule has 2 aliphatic heterocycles. The number of aromatic nitrogens is 3. The number of nitriles is 1. The van der Waals surface area contributed by atoms with E-state index < -0.39 is 0 Å². The number of Topliss-reactive ketones (excluding diaryl/α,β-unsaturated/α-hetero) is 1. The number of urea groups is 1. The van der Waals surface area contributed by atoms with E-state index in [0.29, 0.717) is 18.5 Å². The van der Waals surface area contributed by atoms with Crippen LogP contribution in [0.3, 0.4) is 0 Å². The molecule has 0 bridgehead atoms. The van der Waals surface area contributed by atoms with E-state index >= 15 is 0 Å². The second kappa shape index (κ2) is 8.85. The number of carbonyl (C=O) groups is 2. The maximum absolute atomic E-state index is 12.9. The number of imidazole rings is 1.